The molecular weight excluding hydrogens is 529 g/mol. The topological polar surface area (TPSA) is 96.2 Å². The molecule has 0 amide bonds. The van der Waals surface area contributed by atoms with Crippen LogP contribution in [0.3, 0.4) is 0 Å². The van der Waals surface area contributed by atoms with Crippen molar-refractivity contribution in [1.82, 2.24) is 9.55 Å². The summed E-state index contributed by atoms with van der Waals surface area (Å²) >= 11 is 0. The Morgan fingerprint density at radius 3 is 2.32 bits per heavy atom. The zero-order valence-electron chi connectivity index (χ0n) is 23.8. The molecular formula is C27H45F3N4O2SSi. The van der Waals surface area contributed by atoms with E-state index in [0.29, 0.717) is 23.9 Å². The molecule has 6 nitrogen and oxygen atoms in total. The fourth-order valence-corrected chi connectivity index (χ4v) is 5.86. The van der Waals surface area contributed by atoms with Gasteiger partial charge < -0.3 is 15.0 Å². The third-order valence-corrected chi connectivity index (χ3v) is 10.7. The predicted octanol–water partition coefficient (Wildman–Crippen LogP) is 6.61. The molecule has 1 aliphatic carbocycles. The van der Waals surface area contributed by atoms with Crippen molar-refractivity contribution >= 4 is 30.1 Å². The molecule has 1 saturated carbocycles. The molecule has 1 heterocycles. The number of rotatable bonds is 13. The SMILES string of the molecule is CC(C)(C[C@H](CC(C)(C)C(F)(F)F)c1nc2ccc([C@H](N)C3CC3)cc2n1COCC[Si](C)(C)C)S(N)=O. The van der Waals surface area contributed by atoms with Gasteiger partial charge in [0.1, 0.15) is 12.6 Å². The van der Waals surface area contributed by atoms with Crippen LogP contribution in [0.2, 0.25) is 25.7 Å². The number of hydrogen-bond donors (Lipinski definition) is 2. The number of halogens is 3. The van der Waals surface area contributed by atoms with E-state index in [9.17, 15) is 17.4 Å². The van der Waals surface area contributed by atoms with Crippen LogP contribution in [0.1, 0.15) is 76.7 Å². The number of hydrogen-bond acceptors (Lipinski definition) is 4. The second kappa shape index (κ2) is 11.3. The molecule has 4 N–H and O–H groups in total. The average molecular weight is 575 g/mol. The number of aromatic nitrogens is 2. The average Bonchev–Trinajstić information content (AvgIpc) is 3.55. The van der Waals surface area contributed by atoms with E-state index < -0.39 is 41.3 Å². The third kappa shape index (κ3) is 7.68. The molecule has 11 heteroatoms. The van der Waals surface area contributed by atoms with Crippen molar-refractivity contribution in [2.45, 2.75) is 109 Å². The largest absolute Gasteiger partial charge is 0.393 e. The van der Waals surface area contributed by atoms with Gasteiger partial charge in [-0.05, 0) is 69.2 Å². The molecule has 1 aliphatic rings. The Morgan fingerprint density at radius 1 is 1.16 bits per heavy atom. The molecule has 0 saturated heterocycles. The number of benzene rings is 1. The second-order valence-corrected chi connectivity index (χ2v) is 20.7. The van der Waals surface area contributed by atoms with E-state index in [0.717, 1.165) is 30.0 Å². The maximum atomic E-state index is 14.0. The Balaban J connectivity index is 2.09. The zero-order valence-corrected chi connectivity index (χ0v) is 25.6. The fraction of sp³-hybridized carbons (Fsp3) is 0.741. The van der Waals surface area contributed by atoms with E-state index in [2.05, 4.69) is 19.6 Å². The molecule has 0 spiro atoms. The Morgan fingerprint density at radius 2 is 1.79 bits per heavy atom. The molecule has 1 unspecified atom stereocenters. The minimum atomic E-state index is -4.41. The fourth-order valence-electron chi connectivity index (χ4n) is 4.74. The van der Waals surface area contributed by atoms with Gasteiger partial charge in [0.2, 0.25) is 0 Å². The maximum Gasteiger partial charge on any atom is 0.393 e. The molecule has 2 aromatic rings. The van der Waals surface area contributed by atoms with Crippen molar-refractivity contribution in [1.29, 1.82) is 0 Å². The molecule has 1 aromatic carbocycles. The van der Waals surface area contributed by atoms with Crippen LogP contribution in [-0.2, 0) is 22.5 Å². The van der Waals surface area contributed by atoms with E-state index in [1.165, 1.54) is 13.8 Å². The molecule has 0 bridgehead atoms. The molecule has 216 valence electrons. The first-order valence-corrected chi connectivity index (χ1v) is 18.3. The lowest BCUT2D eigenvalue weighted by molar-refractivity contribution is -0.215. The summed E-state index contributed by atoms with van der Waals surface area (Å²) in [6.45, 7) is 13.4. The van der Waals surface area contributed by atoms with Crippen LogP contribution in [0, 0.1) is 11.3 Å². The van der Waals surface area contributed by atoms with Crippen LogP contribution in [0.5, 0.6) is 0 Å². The van der Waals surface area contributed by atoms with Crippen LogP contribution in [0.15, 0.2) is 18.2 Å². The standard InChI is InChI=1S/C27H45F3N4O2SSi/c1-25(2,27(28,29)30)15-20(16-26(3,4)37(32)35)24-33-21-11-10-19(23(31)18-8-9-18)14-22(21)34(24)17-36-12-13-38(5,6)7/h10-11,14,18,20,23H,8-9,12-13,15-17,31-32H2,1-7H3/t20-,23+,37?/m0/s1. The normalized spacial score (nSPS) is 18.1. The van der Waals surface area contributed by atoms with E-state index in [1.54, 1.807) is 13.8 Å². The van der Waals surface area contributed by atoms with Gasteiger partial charge >= 0.3 is 6.18 Å². The Bertz CT molecular complexity index is 1140. The van der Waals surface area contributed by atoms with E-state index in [-0.39, 0.29) is 25.6 Å². The van der Waals surface area contributed by atoms with Gasteiger partial charge in [-0.3, -0.25) is 5.14 Å². The zero-order chi connectivity index (χ0) is 28.7. The van der Waals surface area contributed by atoms with Gasteiger partial charge in [0.15, 0.2) is 0 Å². The Hall–Kier alpha value is -1.27. The predicted molar refractivity (Wildman–Crippen MR) is 152 cm³/mol. The lowest BCUT2D eigenvalue weighted by atomic mass is 9.78. The van der Waals surface area contributed by atoms with Crippen molar-refractivity contribution in [2.24, 2.45) is 22.2 Å². The lowest BCUT2D eigenvalue weighted by Crippen LogP contribution is -2.38. The van der Waals surface area contributed by atoms with E-state index in [1.807, 2.05) is 22.8 Å². The highest BCUT2D eigenvalue weighted by Gasteiger charge is 2.49. The summed E-state index contributed by atoms with van der Waals surface area (Å²) in [5.74, 6) is 0.306. The highest BCUT2D eigenvalue weighted by Crippen LogP contribution is 2.47. The van der Waals surface area contributed by atoms with Crippen LogP contribution >= 0.6 is 0 Å². The molecule has 1 fully saturated rings. The van der Waals surface area contributed by atoms with Gasteiger partial charge in [0, 0.05) is 26.6 Å². The van der Waals surface area contributed by atoms with Crippen molar-refractivity contribution in [3.63, 3.8) is 0 Å². The number of nitrogens with two attached hydrogens (primary N) is 2. The summed E-state index contributed by atoms with van der Waals surface area (Å²) in [4.78, 5) is 4.85. The first kappa shape index (κ1) is 31.3. The number of alkyl halides is 3. The van der Waals surface area contributed by atoms with Gasteiger partial charge in [0.25, 0.3) is 0 Å². The summed E-state index contributed by atoms with van der Waals surface area (Å²) < 4.78 is 61.6. The first-order chi connectivity index (χ1) is 17.3. The summed E-state index contributed by atoms with van der Waals surface area (Å²) in [5, 5.41) is 5.77. The molecule has 3 atom stereocenters. The lowest BCUT2D eigenvalue weighted by Gasteiger charge is -2.34. The molecule has 1 aromatic heterocycles. The monoisotopic (exact) mass is 574 g/mol. The van der Waals surface area contributed by atoms with Crippen LogP contribution < -0.4 is 10.9 Å². The summed E-state index contributed by atoms with van der Waals surface area (Å²) in [6.07, 6.45) is -2.24. The number of ether oxygens (including phenoxy) is 1. The van der Waals surface area contributed by atoms with Gasteiger partial charge in [0.05, 0.1) is 32.2 Å². The summed E-state index contributed by atoms with van der Waals surface area (Å²) in [5.41, 5.74) is 6.98. The smallest absolute Gasteiger partial charge is 0.361 e. The Labute approximate surface area is 228 Å². The molecule has 0 aliphatic heterocycles. The van der Waals surface area contributed by atoms with Gasteiger partial charge in [-0.2, -0.15) is 13.2 Å². The Kier molecular flexibility index (Phi) is 9.30. The minimum absolute atomic E-state index is 0.0856. The summed E-state index contributed by atoms with van der Waals surface area (Å²) in [6, 6.07) is 6.75. The van der Waals surface area contributed by atoms with E-state index in [4.69, 9.17) is 20.6 Å². The van der Waals surface area contributed by atoms with E-state index >= 15 is 0 Å². The van der Waals surface area contributed by atoms with Crippen molar-refractivity contribution < 1.29 is 22.1 Å². The molecule has 0 radical (unpaired) electrons. The van der Waals surface area contributed by atoms with Crippen LogP contribution in [-0.4, -0.2) is 39.4 Å². The molecule has 38 heavy (non-hydrogen) atoms. The maximum absolute atomic E-state index is 14.0. The molecule has 3 rings (SSSR count). The van der Waals surface area contributed by atoms with Crippen LogP contribution in [0.25, 0.3) is 11.0 Å². The van der Waals surface area contributed by atoms with Gasteiger partial charge in [-0.15, -0.1) is 0 Å². The second-order valence-electron chi connectivity index (χ2n) is 13.4. The number of nitrogens with zero attached hydrogens (tertiary/aromatic N) is 2. The number of imidazole rings is 1. The quantitative estimate of drug-likeness (QED) is 0.208. The van der Waals surface area contributed by atoms with Crippen LogP contribution in [0.4, 0.5) is 13.2 Å². The van der Waals surface area contributed by atoms with Gasteiger partial charge in [-0.25, -0.2) is 9.19 Å². The van der Waals surface area contributed by atoms with Crippen molar-refractivity contribution in [3.8, 4) is 0 Å². The highest BCUT2D eigenvalue weighted by atomic mass is 32.2. The van der Waals surface area contributed by atoms with Crippen molar-refractivity contribution in [2.75, 3.05) is 6.61 Å². The minimum Gasteiger partial charge on any atom is -0.361 e. The first-order valence-electron chi connectivity index (χ1n) is 13.4. The highest BCUT2D eigenvalue weighted by molar-refractivity contribution is 7.84. The van der Waals surface area contributed by atoms with Crippen molar-refractivity contribution in [3.05, 3.63) is 29.6 Å². The van der Waals surface area contributed by atoms with Gasteiger partial charge in [-0.1, -0.05) is 39.6 Å². The summed E-state index contributed by atoms with van der Waals surface area (Å²) in [7, 11) is -3.06. The number of fused-ring (bicyclic) bond motifs is 1. The third-order valence-electron chi connectivity index (χ3n) is 7.71.